The molecule has 0 aliphatic heterocycles. The number of carboxylic acids is 1. The van der Waals surface area contributed by atoms with E-state index in [1.165, 1.54) is 11.3 Å². The van der Waals surface area contributed by atoms with Gasteiger partial charge in [-0.15, -0.1) is 22.7 Å². The summed E-state index contributed by atoms with van der Waals surface area (Å²) in [5.74, 6) is -1.14. The number of hydrogen-bond acceptors (Lipinski definition) is 4. The number of carboxylic acid groups (broad SMARTS) is 1. The van der Waals surface area contributed by atoms with Gasteiger partial charge in [-0.3, -0.25) is 9.59 Å². The Hall–Kier alpha value is -1.40. The van der Waals surface area contributed by atoms with Crippen molar-refractivity contribution in [2.24, 2.45) is 5.92 Å². The topological polar surface area (TPSA) is 66.4 Å². The summed E-state index contributed by atoms with van der Waals surface area (Å²) in [5, 5.41) is 13.9. The fourth-order valence-electron chi connectivity index (χ4n) is 2.47. The maximum atomic E-state index is 12.1. The lowest BCUT2D eigenvalue weighted by Crippen LogP contribution is -2.32. The quantitative estimate of drug-likeness (QED) is 0.915. The average Bonchev–Trinajstić information content (AvgIpc) is 3.02. The number of hydrogen-bond donors (Lipinski definition) is 2. The van der Waals surface area contributed by atoms with E-state index in [9.17, 15) is 9.59 Å². The van der Waals surface area contributed by atoms with Crippen LogP contribution in [0.4, 0.5) is 0 Å². The third-order valence-corrected chi connectivity index (χ3v) is 5.57. The molecule has 1 aliphatic rings. The molecule has 0 bridgehead atoms. The molecule has 2 unspecified atom stereocenters. The van der Waals surface area contributed by atoms with Crippen molar-refractivity contribution in [3.63, 3.8) is 0 Å². The highest BCUT2D eigenvalue weighted by Crippen LogP contribution is 2.31. The Morgan fingerprint density at radius 1 is 1.32 bits per heavy atom. The van der Waals surface area contributed by atoms with Crippen molar-refractivity contribution in [2.75, 3.05) is 0 Å². The first-order valence-electron chi connectivity index (χ1n) is 6.14. The maximum absolute atomic E-state index is 12.1. The average molecular weight is 295 g/mol. The molecule has 2 N–H and O–H groups in total. The molecule has 0 radical (unpaired) electrons. The molecule has 4 nitrogen and oxygen atoms in total. The van der Waals surface area contributed by atoms with Gasteiger partial charge in [0.15, 0.2) is 0 Å². The fraction of sp³-hybridized carbons (Fsp3) is 0.385. The van der Waals surface area contributed by atoms with Gasteiger partial charge in [-0.05, 0) is 36.8 Å². The van der Waals surface area contributed by atoms with Gasteiger partial charge >= 0.3 is 5.97 Å². The molecule has 2 heterocycles. The number of carbonyl (C=O) groups excluding carboxylic acids is 1. The molecule has 100 valence electrons. The van der Waals surface area contributed by atoms with Crippen LogP contribution in [0.2, 0.25) is 0 Å². The highest BCUT2D eigenvalue weighted by Gasteiger charge is 2.30. The summed E-state index contributed by atoms with van der Waals surface area (Å²) < 4.78 is 2.26. The fourth-order valence-corrected chi connectivity index (χ4v) is 4.48. The summed E-state index contributed by atoms with van der Waals surface area (Å²) in [6, 6.07) is 3.91. The van der Waals surface area contributed by atoms with Gasteiger partial charge in [0, 0.05) is 15.4 Å². The molecule has 2 aromatic heterocycles. The van der Waals surface area contributed by atoms with Crippen molar-refractivity contribution < 1.29 is 14.7 Å². The molecule has 1 amide bonds. The molecule has 2 aromatic rings. The summed E-state index contributed by atoms with van der Waals surface area (Å²) in [5.41, 5.74) is 0. The van der Waals surface area contributed by atoms with Crippen LogP contribution < -0.4 is 5.32 Å². The van der Waals surface area contributed by atoms with E-state index in [1.54, 1.807) is 11.3 Å². The molecule has 1 saturated carbocycles. The number of nitrogens with one attached hydrogen (secondary N) is 1. The third kappa shape index (κ3) is 2.50. The van der Waals surface area contributed by atoms with Crippen LogP contribution in [0.3, 0.4) is 0 Å². The van der Waals surface area contributed by atoms with Crippen molar-refractivity contribution in [3.8, 4) is 0 Å². The Morgan fingerprint density at radius 3 is 2.84 bits per heavy atom. The Bertz CT molecular complexity index is 602. The number of fused-ring (bicyclic) bond motifs is 1. The van der Waals surface area contributed by atoms with Gasteiger partial charge in [0.25, 0.3) is 5.91 Å². The Balaban J connectivity index is 1.65. The van der Waals surface area contributed by atoms with E-state index >= 15 is 0 Å². The molecular weight excluding hydrogens is 282 g/mol. The van der Waals surface area contributed by atoms with Gasteiger partial charge in [-0.1, -0.05) is 0 Å². The molecule has 0 spiro atoms. The van der Waals surface area contributed by atoms with Gasteiger partial charge < -0.3 is 10.4 Å². The van der Waals surface area contributed by atoms with Crippen LogP contribution in [0.1, 0.15) is 28.9 Å². The second-order valence-electron chi connectivity index (χ2n) is 4.78. The molecular formula is C13H13NO3S2. The largest absolute Gasteiger partial charge is 0.481 e. The Labute approximate surface area is 118 Å². The minimum Gasteiger partial charge on any atom is -0.481 e. The zero-order chi connectivity index (χ0) is 13.4. The number of carbonyl (C=O) groups is 2. The van der Waals surface area contributed by atoms with Gasteiger partial charge in [0.2, 0.25) is 0 Å². The van der Waals surface area contributed by atoms with Gasteiger partial charge in [-0.25, -0.2) is 0 Å². The van der Waals surface area contributed by atoms with Crippen molar-refractivity contribution in [2.45, 2.75) is 25.3 Å². The number of rotatable bonds is 3. The second-order valence-corrected chi connectivity index (χ2v) is 6.81. The number of aliphatic carboxylic acids is 1. The lowest BCUT2D eigenvalue weighted by atomic mass is 10.1. The molecule has 0 aromatic carbocycles. The molecule has 2 atom stereocenters. The first-order chi connectivity index (χ1) is 9.13. The Morgan fingerprint density at radius 2 is 2.16 bits per heavy atom. The molecule has 19 heavy (non-hydrogen) atoms. The number of amides is 1. The van der Waals surface area contributed by atoms with Gasteiger partial charge in [0.05, 0.1) is 10.8 Å². The smallest absolute Gasteiger partial charge is 0.306 e. The van der Waals surface area contributed by atoms with E-state index in [1.807, 2.05) is 17.5 Å². The van der Waals surface area contributed by atoms with Crippen molar-refractivity contribution in [3.05, 3.63) is 22.4 Å². The van der Waals surface area contributed by atoms with Crippen LogP contribution in [0.25, 0.3) is 9.40 Å². The molecule has 1 fully saturated rings. The van der Waals surface area contributed by atoms with E-state index < -0.39 is 5.97 Å². The van der Waals surface area contributed by atoms with Crippen LogP contribution in [-0.4, -0.2) is 23.0 Å². The highest BCUT2D eigenvalue weighted by atomic mass is 32.1. The molecule has 3 rings (SSSR count). The first-order valence-corrected chi connectivity index (χ1v) is 7.84. The monoisotopic (exact) mass is 295 g/mol. The predicted molar refractivity (Wildman–Crippen MR) is 75.9 cm³/mol. The lowest BCUT2D eigenvalue weighted by molar-refractivity contribution is -0.141. The Kier molecular flexibility index (Phi) is 3.28. The van der Waals surface area contributed by atoms with E-state index in [2.05, 4.69) is 5.32 Å². The van der Waals surface area contributed by atoms with E-state index in [4.69, 9.17) is 5.11 Å². The standard InChI is InChI=1S/C13H13NO3S2/c15-12(11-6-10-9(19-11)3-4-18-10)14-8-2-1-7(5-8)13(16)17/h3-4,6-8H,1-2,5H2,(H,14,15)(H,16,17). The first kappa shape index (κ1) is 12.6. The summed E-state index contributed by atoms with van der Waals surface area (Å²) >= 11 is 3.11. The van der Waals surface area contributed by atoms with Crippen LogP contribution in [-0.2, 0) is 4.79 Å². The minimum atomic E-state index is -0.756. The third-order valence-electron chi connectivity index (χ3n) is 3.48. The zero-order valence-corrected chi connectivity index (χ0v) is 11.7. The van der Waals surface area contributed by atoms with Crippen molar-refractivity contribution in [1.82, 2.24) is 5.32 Å². The molecule has 6 heteroatoms. The van der Waals surface area contributed by atoms with E-state index in [0.29, 0.717) is 17.7 Å². The lowest BCUT2D eigenvalue weighted by Gasteiger charge is -2.11. The normalized spacial score (nSPS) is 22.7. The zero-order valence-electron chi connectivity index (χ0n) is 10.1. The predicted octanol–water partition coefficient (Wildman–Crippen LogP) is 2.95. The second kappa shape index (κ2) is 4.94. The van der Waals surface area contributed by atoms with Crippen LogP contribution in [0, 0.1) is 5.92 Å². The summed E-state index contributed by atoms with van der Waals surface area (Å²) in [6.07, 6.45) is 1.95. The van der Waals surface area contributed by atoms with Crippen LogP contribution in [0.15, 0.2) is 17.5 Å². The van der Waals surface area contributed by atoms with Crippen molar-refractivity contribution >= 4 is 43.9 Å². The maximum Gasteiger partial charge on any atom is 0.306 e. The van der Waals surface area contributed by atoms with Crippen LogP contribution in [0.5, 0.6) is 0 Å². The van der Waals surface area contributed by atoms with E-state index in [0.717, 1.165) is 15.8 Å². The van der Waals surface area contributed by atoms with E-state index in [-0.39, 0.29) is 17.9 Å². The SMILES string of the molecule is O=C(NC1CCC(C(=O)O)C1)c1cc2sccc2s1. The van der Waals surface area contributed by atoms with Gasteiger partial charge in [-0.2, -0.15) is 0 Å². The molecule has 1 aliphatic carbocycles. The summed E-state index contributed by atoms with van der Waals surface area (Å²) in [6.45, 7) is 0. The summed E-state index contributed by atoms with van der Waals surface area (Å²) in [7, 11) is 0. The highest BCUT2D eigenvalue weighted by molar-refractivity contribution is 7.27. The minimum absolute atomic E-state index is 0.00580. The van der Waals surface area contributed by atoms with Gasteiger partial charge in [0.1, 0.15) is 0 Å². The van der Waals surface area contributed by atoms with Crippen molar-refractivity contribution in [1.29, 1.82) is 0 Å². The summed E-state index contributed by atoms with van der Waals surface area (Å²) in [4.78, 5) is 23.7. The number of thiophene rings is 2. The van der Waals surface area contributed by atoms with Crippen LogP contribution >= 0.6 is 22.7 Å². The molecule has 0 saturated heterocycles.